The fourth-order valence-corrected chi connectivity index (χ4v) is 3.59. The first kappa shape index (κ1) is 13.4. The molecule has 3 nitrogen and oxygen atoms in total. The Morgan fingerprint density at radius 3 is 2.75 bits per heavy atom. The predicted octanol–water partition coefficient (Wildman–Crippen LogP) is 4.19. The molecule has 0 atom stereocenters. The van der Waals surface area contributed by atoms with Crippen molar-refractivity contribution in [2.75, 3.05) is 11.5 Å². The smallest absolute Gasteiger partial charge is 0.142 e. The lowest BCUT2D eigenvalue weighted by Crippen LogP contribution is -1.99. The molecule has 20 heavy (non-hydrogen) atoms. The van der Waals surface area contributed by atoms with Crippen LogP contribution in [0.5, 0.6) is 0 Å². The predicted molar refractivity (Wildman–Crippen MR) is 89.1 cm³/mol. The Labute approximate surface area is 126 Å². The fourth-order valence-electron chi connectivity index (χ4n) is 2.10. The van der Waals surface area contributed by atoms with Crippen molar-refractivity contribution < 1.29 is 0 Å². The Morgan fingerprint density at radius 1 is 1.20 bits per heavy atom. The Kier molecular flexibility index (Phi) is 3.89. The summed E-state index contributed by atoms with van der Waals surface area (Å²) in [5, 5.41) is 3.09. The third-order valence-corrected chi connectivity index (χ3v) is 4.77. The average molecular weight is 301 g/mol. The van der Waals surface area contributed by atoms with Crippen molar-refractivity contribution in [2.45, 2.75) is 12.7 Å². The number of nitrogens with zero attached hydrogens (tertiary/aromatic N) is 2. The first-order valence-corrected chi connectivity index (χ1v) is 8.49. The first-order chi connectivity index (χ1) is 9.79. The summed E-state index contributed by atoms with van der Waals surface area (Å²) in [6, 6.07) is 10.2. The number of aromatic nitrogens is 2. The molecular formula is C15H15N3S2. The summed E-state index contributed by atoms with van der Waals surface area (Å²) in [7, 11) is 0. The van der Waals surface area contributed by atoms with Crippen molar-refractivity contribution in [1.82, 2.24) is 9.97 Å². The molecule has 2 heterocycles. The zero-order valence-electron chi connectivity index (χ0n) is 11.2. The summed E-state index contributed by atoms with van der Waals surface area (Å²) in [4.78, 5) is 10.1. The van der Waals surface area contributed by atoms with Crippen molar-refractivity contribution in [3.63, 3.8) is 0 Å². The van der Waals surface area contributed by atoms with Crippen LogP contribution in [0.1, 0.15) is 12.7 Å². The molecule has 0 bridgehead atoms. The molecule has 0 spiro atoms. The molecule has 2 aromatic heterocycles. The van der Waals surface area contributed by atoms with E-state index in [-0.39, 0.29) is 0 Å². The van der Waals surface area contributed by atoms with Crippen LogP contribution in [0.2, 0.25) is 0 Å². The van der Waals surface area contributed by atoms with Gasteiger partial charge in [-0.15, -0.1) is 11.3 Å². The normalized spacial score (nSPS) is 11.1. The molecular weight excluding hydrogens is 286 g/mol. The van der Waals surface area contributed by atoms with E-state index >= 15 is 0 Å². The monoisotopic (exact) mass is 301 g/mol. The highest BCUT2D eigenvalue weighted by molar-refractivity contribution is 7.98. The zero-order valence-corrected chi connectivity index (χ0v) is 12.8. The van der Waals surface area contributed by atoms with E-state index in [9.17, 15) is 0 Å². The van der Waals surface area contributed by atoms with Crippen LogP contribution in [0.15, 0.2) is 35.7 Å². The summed E-state index contributed by atoms with van der Waals surface area (Å²) >= 11 is 3.44. The number of nitrogens with two attached hydrogens (primary N) is 1. The van der Waals surface area contributed by atoms with Crippen LogP contribution < -0.4 is 5.73 Å². The highest BCUT2D eigenvalue weighted by Gasteiger charge is 2.13. The van der Waals surface area contributed by atoms with Gasteiger partial charge < -0.3 is 5.73 Å². The minimum absolute atomic E-state index is 0.585. The molecule has 0 fully saturated rings. The number of thiophene rings is 1. The number of hydrogen-bond acceptors (Lipinski definition) is 5. The minimum Gasteiger partial charge on any atom is -0.383 e. The first-order valence-electron chi connectivity index (χ1n) is 6.46. The van der Waals surface area contributed by atoms with Crippen LogP contribution in [0, 0.1) is 0 Å². The quantitative estimate of drug-likeness (QED) is 0.785. The van der Waals surface area contributed by atoms with Gasteiger partial charge in [0.2, 0.25) is 0 Å². The van der Waals surface area contributed by atoms with E-state index in [1.165, 1.54) is 0 Å². The Morgan fingerprint density at radius 2 is 2.00 bits per heavy atom. The molecule has 0 aliphatic rings. The SMILES string of the molecule is CCSCc1nc(N)c2c(-c3ccccc3)csc2n1. The largest absolute Gasteiger partial charge is 0.383 e. The summed E-state index contributed by atoms with van der Waals surface area (Å²) in [5.74, 6) is 3.28. The summed E-state index contributed by atoms with van der Waals surface area (Å²) < 4.78 is 0. The van der Waals surface area contributed by atoms with E-state index in [2.05, 4.69) is 34.4 Å². The number of anilines is 1. The average Bonchev–Trinajstić information content (AvgIpc) is 2.90. The topological polar surface area (TPSA) is 51.8 Å². The molecule has 0 unspecified atom stereocenters. The summed E-state index contributed by atoms with van der Waals surface area (Å²) in [5.41, 5.74) is 8.44. The standard InChI is InChI=1S/C15H15N3S2/c1-2-19-9-12-17-14(16)13-11(8-20-15(13)18-12)10-6-4-3-5-7-10/h3-8H,2,9H2,1H3,(H2,16,17,18). The highest BCUT2D eigenvalue weighted by Crippen LogP contribution is 2.35. The van der Waals surface area contributed by atoms with E-state index < -0.39 is 0 Å². The molecule has 3 aromatic rings. The molecule has 0 amide bonds. The van der Waals surface area contributed by atoms with Crippen molar-refractivity contribution >= 4 is 39.1 Å². The molecule has 2 N–H and O–H groups in total. The van der Waals surface area contributed by atoms with Crippen LogP contribution >= 0.6 is 23.1 Å². The third kappa shape index (κ3) is 2.51. The number of fused-ring (bicyclic) bond motifs is 1. The molecule has 0 saturated carbocycles. The van der Waals surface area contributed by atoms with Crippen molar-refractivity contribution in [1.29, 1.82) is 0 Å². The van der Waals surface area contributed by atoms with Crippen LogP contribution in [0.3, 0.4) is 0 Å². The fraction of sp³-hybridized carbons (Fsp3) is 0.200. The van der Waals surface area contributed by atoms with E-state index in [0.717, 1.165) is 38.7 Å². The van der Waals surface area contributed by atoms with Crippen LogP contribution in [0.25, 0.3) is 21.3 Å². The highest BCUT2D eigenvalue weighted by atomic mass is 32.2. The van der Waals surface area contributed by atoms with Gasteiger partial charge in [0.25, 0.3) is 0 Å². The lowest BCUT2D eigenvalue weighted by molar-refractivity contribution is 1.08. The van der Waals surface area contributed by atoms with Gasteiger partial charge in [-0.05, 0) is 11.3 Å². The van der Waals surface area contributed by atoms with Gasteiger partial charge >= 0.3 is 0 Å². The molecule has 0 aliphatic heterocycles. The van der Waals surface area contributed by atoms with Gasteiger partial charge in [0, 0.05) is 10.9 Å². The summed E-state index contributed by atoms with van der Waals surface area (Å²) in [6.07, 6.45) is 0. The number of nitrogen functional groups attached to an aromatic ring is 1. The van der Waals surface area contributed by atoms with Crippen LogP contribution in [0.4, 0.5) is 5.82 Å². The molecule has 3 rings (SSSR count). The lowest BCUT2D eigenvalue weighted by atomic mass is 10.1. The van der Waals surface area contributed by atoms with Gasteiger partial charge in [0.15, 0.2) is 0 Å². The Balaban J connectivity index is 2.09. The van der Waals surface area contributed by atoms with Gasteiger partial charge in [-0.2, -0.15) is 11.8 Å². The molecule has 1 aromatic carbocycles. The maximum atomic E-state index is 6.16. The minimum atomic E-state index is 0.585. The molecule has 5 heteroatoms. The number of thioether (sulfide) groups is 1. The maximum absolute atomic E-state index is 6.16. The zero-order chi connectivity index (χ0) is 13.9. The third-order valence-electron chi connectivity index (χ3n) is 3.03. The molecule has 102 valence electrons. The lowest BCUT2D eigenvalue weighted by Gasteiger charge is -2.04. The van der Waals surface area contributed by atoms with E-state index in [4.69, 9.17) is 5.73 Å². The summed E-state index contributed by atoms with van der Waals surface area (Å²) in [6.45, 7) is 2.13. The van der Waals surface area contributed by atoms with Gasteiger partial charge in [0.05, 0.1) is 11.1 Å². The molecule has 0 saturated heterocycles. The van der Waals surface area contributed by atoms with Gasteiger partial charge in [-0.3, -0.25) is 0 Å². The van der Waals surface area contributed by atoms with Crippen molar-refractivity contribution in [3.05, 3.63) is 41.5 Å². The van der Waals surface area contributed by atoms with Gasteiger partial charge in [-0.1, -0.05) is 37.3 Å². The second-order valence-electron chi connectivity index (χ2n) is 4.36. The maximum Gasteiger partial charge on any atom is 0.142 e. The number of rotatable bonds is 4. The second-order valence-corrected chi connectivity index (χ2v) is 6.49. The van der Waals surface area contributed by atoms with Crippen molar-refractivity contribution in [2.24, 2.45) is 0 Å². The Hall–Kier alpha value is -1.59. The second kappa shape index (κ2) is 5.81. The number of benzene rings is 1. The van der Waals surface area contributed by atoms with E-state index in [0.29, 0.717) is 5.82 Å². The van der Waals surface area contributed by atoms with Gasteiger partial charge in [-0.25, -0.2) is 9.97 Å². The van der Waals surface area contributed by atoms with Crippen LogP contribution in [-0.4, -0.2) is 15.7 Å². The number of hydrogen-bond donors (Lipinski definition) is 1. The van der Waals surface area contributed by atoms with Crippen LogP contribution in [-0.2, 0) is 5.75 Å². The molecule has 0 aliphatic carbocycles. The van der Waals surface area contributed by atoms with Gasteiger partial charge in [0.1, 0.15) is 16.5 Å². The van der Waals surface area contributed by atoms with Crippen molar-refractivity contribution in [3.8, 4) is 11.1 Å². The van der Waals surface area contributed by atoms with E-state index in [1.54, 1.807) is 23.1 Å². The molecule has 0 radical (unpaired) electrons. The Bertz CT molecular complexity index is 723. The van der Waals surface area contributed by atoms with E-state index in [1.807, 2.05) is 18.2 Å².